The van der Waals surface area contributed by atoms with Crippen LogP contribution >= 0.6 is 24.0 Å². The van der Waals surface area contributed by atoms with Crippen LogP contribution in [0.2, 0.25) is 0 Å². The highest BCUT2D eigenvalue weighted by Crippen LogP contribution is 2.21. The lowest BCUT2D eigenvalue weighted by atomic mass is 10.1. The third-order valence-corrected chi connectivity index (χ3v) is 6.54. The Morgan fingerprint density at radius 3 is 2.38 bits per heavy atom. The number of carbonyl (C=O) groups excluding carboxylic acids is 1. The lowest BCUT2D eigenvalue weighted by Crippen LogP contribution is -2.44. The summed E-state index contributed by atoms with van der Waals surface area (Å²) in [7, 11) is 0. The molecule has 0 radical (unpaired) electrons. The summed E-state index contributed by atoms with van der Waals surface area (Å²) in [6.07, 6.45) is 4.55. The summed E-state index contributed by atoms with van der Waals surface area (Å²) < 4.78 is 0. The van der Waals surface area contributed by atoms with E-state index in [-0.39, 0.29) is 29.9 Å². The van der Waals surface area contributed by atoms with E-state index in [9.17, 15) is 4.79 Å². The average Bonchev–Trinajstić information content (AvgIpc) is 3.32. The summed E-state index contributed by atoms with van der Waals surface area (Å²) in [5.41, 5.74) is 4.45. The highest BCUT2D eigenvalue weighted by atomic mass is 127. The molecule has 0 spiro atoms. The molecule has 2 fully saturated rings. The molecule has 34 heavy (non-hydrogen) atoms. The fourth-order valence-electron chi connectivity index (χ4n) is 4.58. The molecule has 0 saturated carbocycles. The monoisotopic (exact) mass is 575 g/mol. The predicted octanol–water partition coefficient (Wildman–Crippen LogP) is 4.57. The van der Waals surface area contributed by atoms with Gasteiger partial charge in [0.2, 0.25) is 0 Å². The molecule has 1 amide bonds. The standard InChI is InChI=1S/C27H37N5O.HI/c1-3-28-27(30-24-15-18-32(20-24)25-13-7-21(2)8-14-25)29-19-22-9-11-23(12-10-22)26(33)31-16-5-4-6-17-31;/h7-14,24H,3-6,15-20H2,1-2H3,(H2,28,29,30);1H. The Morgan fingerprint density at radius 1 is 1.00 bits per heavy atom. The van der Waals surface area contributed by atoms with Crippen molar-refractivity contribution in [1.82, 2.24) is 15.5 Å². The van der Waals surface area contributed by atoms with Gasteiger partial charge in [-0.15, -0.1) is 24.0 Å². The Hall–Kier alpha value is -2.29. The van der Waals surface area contributed by atoms with Crippen molar-refractivity contribution in [3.8, 4) is 0 Å². The quantitative estimate of drug-likeness (QED) is 0.301. The summed E-state index contributed by atoms with van der Waals surface area (Å²) in [5.74, 6) is 1.00. The average molecular weight is 576 g/mol. The van der Waals surface area contributed by atoms with Crippen LogP contribution < -0.4 is 15.5 Å². The first kappa shape index (κ1) is 26.3. The van der Waals surface area contributed by atoms with Gasteiger partial charge in [-0.25, -0.2) is 4.99 Å². The van der Waals surface area contributed by atoms with Crippen molar-refractivity contribution in [2.75, 3.05) is 37.6 Å². The molecule has 6 nitrogen and oxygen atoms in total. The summed E-state index contributed by atoms with van der Waals surface area (Å²) in [5, 5.41) is 6.98. The number of carbonyl (C=O) groups is 1. The number of amides is 1. The maximum Gasteiger partial charge on any atom is 0.253 e. The lowest BCUT2D eigenvalue weighted by molar-refractivity contribution is 0.0724. The molecule has 184 valence electrons. The second-order valence-electron chi connectivity index (χ2n) is 9.16. The Balaban J connectivity index is 0.00000324. The van der Waals surface area contributed by atoms with E-state index in [4.69, 9.17) is 4.99 Å². The summed E-state index contributed by atoms with van der Waals surface area (Å²) >= 11 is 0. The third kappa shape index (κ3) is 7.10. The maximum absolute atomic E-state index is 12.7. The van der Waals surface area contributed by atoms with Crippen LogP contribution in [-0.4, -0.2) is 55.5 Å². The van der Waals surface area contributed by atoms with Gasteiger partial charge in [-0.05, 0) is 69.4 Å². The number of likely N-dealkylation sites (tertiary alicyclic amines) is 1. The largest absolute Gasteiger partial charge is 0.369 e. The van der Waals surface area contributed by atoms with Crippen molar-refractivity contribution in [3.05, 3.63) is 65.2 Å². The van der Waals surface area contributed by atoms with E-state index in [1.807, 2.05) is 29.2 Å². The molecule has 2 saturated heterocycles. The molecular weight excluding hydrogens is 537 g/mol. The molecule has 2 aromatic rings. The minimum absolute atomic E-state index is 0. The number of aryl methyl sites for hydroxylation is 1. The fraction of sp³-hybridized carbons (Fsp3) is 0.481. The molecule has 2 aliphatic rings. The van der Waals surface area contributed by atoms with Gasteiger partial charge in [-0.3, -0.25) is 4.79 Å². The number of hydrogen-bond acceptors (Lipinski definition) is 3. The van der Waals surface area contributed by atoms with E-state index in [1.165, 1.54) is 17.7 Å². The number of rotatable bonds is 6. The van der Waals surface area contributed by atoms with Crippen LogP contribution in [0.1, 0.15) is 54.1 Å². The van der Waals surface area contributed by atoms with Crippen LogP contribution in [0.5, 0.6) is 0 Å². The third-order valence-electron chi connectivity index (χ3n) is 6.54. The smallest absolute Gasteiger partial charge is 0.253 e. The van der Waals surface area contributed by atoms with E-state index in [0.29, 0.717) is 12.6 Å². The molecule has 0 aromatic heterocycles. The zero-order chi connectivity index (χ0) is 23.0. The minimum Gasteiger partial charge on any atom is -0.369 e. The number of hydrogen-bond donors (Lipinski definition) is 2. The molecular formula is C27H38IN5O. The molecule has 2 N–H and O–H groups in total. The van der Waals surface area contributed by atoms with Gasteiger partial charge in [-0.2, -0.15) is 0 Å². The zero-order valence-corrected chi connectivity index (χ0v) is 22.8. The van der Waals surface area contributed by atoms with E-state index in [0.717, 1.165) is 69.1 Å². The summed E-state index contributed by atoms with van der Waals surface area (Å²) in [6, 6.07) is 17.1. The number of piperidine rings is 1. The van der Waals surface area contributed by atoms with E-state index >= 15 is 0 Å². The number of nitrogens with zero attached hydrogens (tertiary/aromatic N) is 3. The Kier molecular flexibility index (Phi) is 10.0. The van der Waals surface area contributed by atoms with Crippen molar-refractivity contribution in [3.63, 3.8) is 0 Å². The second kappa shape index (κ2) is 13.0. The normalized spacial score (nSPS) is 18.4. The van der Waals surface area contributed by atoms with Crippen LogP contribution in [0.15, 0.2) is 53.5 Å². The highest BCUT2D eigenvalue weighted by Gasteiger charge is 2.23. The SMILES string of the molecule is CCNC(=NCc1ccc(C(=O)N2CCCCC2)cc1)NC1CCN(c2ccc(C)cc2)C1.I. The number of anilines is 1. The molecule has 2 aromatic carbocycles. The van der Waals surface area contributed by atoms with E-state index < -0.39 is 0 Å². The van der Waals surface area contributed by atoms with Crippen LogP contribution in [0.25, 0.3) is 0 Å². The van der Waals surface area contributed by atoms with Crippen LogP contribution in [-0.2, 0) is 6.54 Å². The Labute approximate surface area is 221 Å². The molecule has 2 aliphatic heterocycles. The van der Waals surface area contributed by atoms with Crippen molar-refractivity contribution in [1.29, 1.82) is 0 Å². The van der Waals surface area contributed by atoms with Gasteiger partial charge in [0.1, 0.15) is 0 Å². The first-order valence-electron chi connectivity index (χ1n) is 12.4. The Morgan fingerprint density at radius 2 is 1.71 bits per heavy atom. The fourth-order valence-corrected chi connectivity index (χ4v) is 4.58. The number of nitrogens with one attached hydrogen (secondary N) is 2. The Bertz CT molecular complexity index is 938. The molecule has 0 bridgehead atoms. The van der Waals surface area contributed by atoms with Crippen LogP contribution in [0.3, 0.4) is 0 Å². The number of guanidine groups is 1. The van der Waals surface area contributed by atoms with Gasteiger partial charge in [0.05, 0.1) is 6.54 Å². The topological polar surface area (TPSA) is 60.0 Å². The van der Waals surface area contributed by atoms with Crippen molar-refractivity contribution in [2.24, 2.45) is 4.99 Å². The number of halogens is 1. The van der Waals surface area contributed by atoms with E-state index in [2.05, 4.69) is 53.6 Å². The first-order valence-corrected chi connectivity index (χ1v) is 12.4. The molecule has 2 heterocycles. The zero-order valence-electron chi connectivity index (χ0n) is 20.4. The van der Waals surface area contributed by atoms with Crippen LogP contribution in [0.4, 0.5) is 5.69 Å². The second-order valence-corrected chi connectivity index (χ2v) is 9.16. The van der Waals surface area contributed by atoms with Crippen molar-refractivity contribution < 1.29 is 4.79 Å². The lowest BCUT2D eigenvalue weighted by Gasteiger charge is -2.26. The molecule has 1 unspecified atom stereocenters. The van der Waals surface area contributed by atoms with Gasteiger partial charge < -0.3 is 20.4 Å². The maximum atomic E-state index is 12.7. The number of aliphatic imine (C=N–C) groups is 1. The van der Waals surface area contributed by atoms with Gasteiger partial charge in [0.15, 0.2) is 5.96 Å². The van der Waals surface area contributed by atoms with Gasteiger partial charge >= 0.3 is 0 Å². The molecule has 4 rings (SSSR count). The molecule has 1 atom stereocenters. The summed E-state index contributed by atoms with van der Waals surface area (Å²) in [4.78, 5) is 21.9. The first-order chi connectivity index (χ1) is 16.1. The van der Waals surface area contributed by atoms with Gasteiger partial charge in [0.25, 0.3) is 5.91 Å². The molecule has 7 heteroatoms. The number of benzene rings is 2. The van der Waals surface area contributed by atoms with Crippen molar-refractivity contribution in [2.45, 2.75) is 52.1 Å². The van der Waals surface area contributed by atoms with Crippen molar-refractivity contribution >= 4 is 41.5 Å². The predicted molar refractivity (Wildman–Crippen MR) is 151 cm³/mol. The van der Waals surface area contributed by atoms with Gasteiger partial charge in [-0.1, -0.05) is 29.8 Å². The molecule has 0 aliphatic carbocycles. The minimum atomic E-state index is 0. The van der Waals surface area contributed by atoms with E-state index in [1.54, 1.807) is 0 Å². The summed E-state index contributed by atoms with van der Waals surface area (Å²) in [6.45, 7) is 9.40. The van der Waals surface area contributed by atoms with Crippen LogP contribution in [0, 0.1) is 6.92 Å². The highest BCUT2D eigenvalue weighted by molar-refractivity contribution is 14.0. The van der Waals surface area contributed by atoms with Gasteiger partial charge in [0, 0.05) is 50.0 Å².